The van der Waals surface area contributed by atoms with Crippen LogP contribution >= 0.6 is 0 Å². The molecular formula is C16H19N3O3. The Morgan fingerprint density at radius 2 is 2.18 bits per heavy atom. The van der Waals surface area contributed by atoms with Gasteiger partial charge in [0, 0.05) is 18.0 Å². The Morgan fingerprint density at radius 1 is 1.36 bits per heavy atom. The predicted octanol–water partition coefficient (Wildman–Crippen LogP) is 1.82. The molecule has 3 saturated heterocycles. The Labute approximate surface area is 128 Å². The van der Waals surface area contributed by atoms with Crippen LogP contribution in [0.4, 0.5) is 0 Å². The molecule has 1 aromatic heterocycles. The first kappa shape index (κ1) is 13.6. The van der Waals surface area contributed by atoms with Crippen LogP contribution in [-0.2, 0) is 4.74 Å². The largest absolute Gasteiger partial charge is 0.497 e. The predicted molar refractivity (Wildman–Crippen MR) is 81.0 cm³/mol. The molecular weight excluding hydrogens is 282 g/mol. The Bertz CT molecular complexity index is 704. The lowest BCUT2D eigenvalue weighted by atomic mass is 9.86. The minimum atomic E-state index is -0.338. The fraction of sp³-hybridized carbons (Fsp3) is 0.500. The molecule has 6 nitrogen and oxygen atoms in total. The maximum atomic E-state index is 12.5. The van der Waals surface area contributed by atoms with Gasteiger partial charge in [0.25, 0.3) is 0 Å². The van der Waals surface area contributed by atoms with Gasteiger partial charge in [-0.1, -0.05) is 0 Å². The van der Waals surface area contributed by atoms with E-state index in [-0.39, 0.29) is 12.1 Å². The summed E-state index contributed by atoms with van der Waals surface area (Å²) in [6, 6.07) is 5.49. The van der Waals surface area contributed by atoms with E-state index in [1.165, 1.54) is 0 Å². The molecule has 1 aromatic carbocycles. The topological polar surface area (TPSA) is 67.5 Å². The van der Waals surface area contributed by atoms with Crippen LogP contribution in [0.1, 0.15) is 23.3 Å². The van der Waals surface area contributed by atoms with Crippen molar-refractivity contribution in [2.24, 2.45) is 5.92 Å². The summed E-state index contributed by atoms with van der Waals surface area (Å²) in [5.41, 5.74) is 1.13. The van der Waals surface area contributed by atoms with Crippen LogP contribution in [-0.4, -0.2) is 53.9 Å². The van der Waals surface area contributed by atoms with Gasteiger partial charge in [0.1, 0.15) is 11.9 Å². The zero-order valence-corrected chi connectivity index (χ0v) is 12.5. The third kappa shape index (κ3) is 2.23. The number of benzene rings is 1. The van der Waals surface area contributed by atoms with Crippen molar-refractivity contribution in [3.8, 4) is 5.75 Å². The van der Waals surface area contributed by atoms with Crippen LogP contribution in [0.5, 0.6) is 5.75 Å². The first-order valence-electron chi connectivity index (χ1n) is 7.70. The molecule has 2 aromatic rings. The maximum Gasteiger partial charge on any atom is 0.359 e. The van der Waals surface area contributed by atoms with Gasteiger partial charge in [-0.3, -0.25) is 10.00 Å². The SMILES string of the molecule is COc1ccc2c(C(=O)OC3CN4CCC3CC4)n[nH]c2c1. The number of nitrogens with zero attached hydrogens (tertiary/aromatic N) is 2. The van der Waals surface area contributed by atoms with Crippen molar-refractivity contribution in [3.63, 3.8) is 0 Å². The summed E-state index contributed by atoms with van der Waals surface area (Å²) in [4.78, 5) is 14.8. The molecule has 1 atom stereocenters. The number of aromatic amines is 1. The second-order valence-corrected chi connectivity index (χ2v) is 6.07. The Kier molecular flexibility index (Phi) is 3.26. The number of carbonyl (C=O) groups excluding carboxylic acids is 1. The summed E-state index contributed by atoms with van der Waals surface area (Å²) in [5, 5.41) is 7.77. The van der Waals surface area contributed by atoms with Crippen molar-refractivity contribution in [2.75, 3.05) is 26.7 Å². The molecule has 6 heteroatoms. The van der Waals surface area contributed by atoms with Gasteiger partial charge < -0.3 is 9.47 Å². The monoisotopic (exact) mass is 301 g/mol. The summed E-state index contributed by atoms with van der Waals surface area (Å²) >= 11 is 0. The number of ether oxygens (including phenoxy) is 2. The number of rotatable bonds is 3. The average molecular weight is 301 g/mol. The van der Waals surface area contributed by atoms with E-state index in [1.807, 2.05) is 18.2 Å². The molecule has 0 amide bonds. The van der Waals surface area contributed by atoms with Gasteiger partial charge in [0.2, 0.25) is 0 Å². The summed E-state index contributed by atoms with van der Waals surface area (Å²) in [7, 11) is 1.61. The number of aromatic nitrogens is 2. The van der Waals surface area contributed by atoms with Crippen molar-refractivity contribution in [1.29, 1.82) is 0 Å². The summed E-state index contributed by atoms with van der Waals surface area (Å²) in [6.45, 7) is 3.11. The van der Waals surface area contributed by atoms with Crippen molar-refractivity contribution < 1.29 is 14.3 Å². The van der Waals surface area contributed by atoms with E-state index < -0.39 is 0 Å². The second-order valence-electron chi connectivity index (χ2n) is 6.07. The smallest absolute Gasteiger partial charge is 0.359 e. The average Bonchev–Trinajstić information content (AvgIpc) is 2.99. The quantitative estimate of drug-likeness (QED) is 0.876. The van der Waals surface area contributed by atoms with E-state index in [4.69, 9.17) is 9.47 Å². The van der Waals surface area contributed by atoms with Crippen LogP contribution < -0.4 is 4.74 Å². The number of hydrogen-bond donors (Lipinski definition) is 1. The molecule has 0 radical (unpaired) electrons. The van der Waals surface area contributed by atoms with E-state index in [1.54, 1.807) is 7.11 Å². The Balaban J connectivity index is 1.55. The number of hydrogen-bond acceptors (Lipinski definition) is 5. The molecule has 3 aliphatic heterocycles. The number of piperidine rings is 3. The van der Waals surface area contributed by atoms with E-state index in [9.17, 15) is 4.79 Å². The zero-order chi connectivity index (χ0) is 15.1. The molecule has 0 saturated carbocycles. The maximum absolute atomic E-state index is 12.5. The van der Waals surface area contributed by atoms with Crippen LogP contribution in [0, 0.1) is 5.92 Å². The van der Waals surface area contributed by atoms with Gasteiger partial charge in [-0.25, -0.2) is 4.79 Å². The number of carbonyl (C=O) groups is 1. The molecule has 1 unspecified atom stereocenters. The van der Waals surface area contributed by atoms with Crippen LogP contribution in [0.15, 0.2) is 18.2 Å². The van der Waals surface area contributed by atoms with Crippen LogP contribution in [0.2, 0.25) is 0 Å². The number of methoxy groups -OCH3 is 1. The zero-order valence-electron chi connectivity index (χ0n) is 12.5. The Morgan fingerprint density at radius 3 is 2.86 bits per heavy atom. The van der Waals surface area contributed by atoms with Gasteiger partial charge in [0.15, 0.2) is 5.69 Å². The summed E-state index contributed by atoms with van der Waals surface area (Å²) in [6.07, 6.45) is 2.24. The van der Waals surface area contributed by atoms with Crippen molar-refractivity contribution in [1.82, 2.24) is 15.1 Å². The molecule has 5 rings (SSSR count). The molecule has 1 N–H and O–H groups in total. The molecule has 22 heavy (non-hydrogen) atoms. The van der Waals surface area contributed by atoms with E-state index in [0.29, 0.717) is 11.6 Å². The summed E-state index contributed by atoms with van der Waals surface area (Å²) in [5.74, 6) is 0.892. The normalized spacial score (nSPS) is 27.0. The van der Waals surface area contributed by atoms with E-state index >= 15 is 0 Å². The molecule has 0 spiro atoms. The van der Waals surface area contributed by atoms with Crippen molar-refractivity contribution >= 4 is 16.9 Å². The molecule has 2 bridgehead atoms. The number of esters is 1. The van der Waals surface area contributed by atoms with Gasteiger partial charge >= 0.3 is 5.97 Å². The molecule has 3 aliphatic rings. The number of H-pyrrole nitrogens is 1. The first-order valence-corrected chi connectivity index (χ1v) is 7.70. The van der Waals surface area contributed by atoms with E-state index in [0.717, 1.165) is 49.1 Å². The van der Waals surface area contributed by atoms with E-state index in [2.05, 4.69) is 15.1 Å². The fourth-order valence-electron chi connectivity index (χ4n) is 3.52. The van der Waals surface area contributed by atoms with Gasteiger partial charge in [0.05, 0.1) is 12.6 Å². The lowest BCUT2D eigenvalue weighted by Gasteiger charge is -2.43. The van der Waals surface area contributed by atoms with Crippen molar-refractivity contribution in [3.05, 3.63) is 23.9 Å². The minimum Gasteiger partial charge on any atom is -0.497 e. The number of fused-ring (bicyclic) bond motifs is 4. The second kappa shape index (κ2) is 5.28. The molecule has 3 fully saturated rings. The highest BCUT2D eigenvalue weighted by Gasteiger charge is 2.37. The van der Waals surface area contributed by atoms with Crippen LogP contribution in [0.3, 0.4) is 0 Å². The third-order valence-corrected chi connectivity index (χ3v) is 4.82. The van der Waals surface area contributed by atoms with Gasteiger partial charge in [-0.2, -0.15) is 5.10 Å². The number of nitrogens with one attached hydrogen (secondary N) is 1. The standard InChI is InChI=1S/C16H19N3O3/c1-21-11-2-3-12-13(8-11)17-18-15(12)16(20)22-14-9-19-6-4-10(14)5-7-19/h2-3,8,10,14H,4-7,9H2,1H3,(H,17,18). The lowest BCUT2D eigenvalue weighted by molar-refractivity contribution is -0.0458. The summed E-state index contributed by atoms with van der Waals surface area (Å²) < 4.78 is 10.9. The minimum absolute atomic E-state index is 0.00000152. The first-order chi connectivity index (χ1) is 10.7. The Hall–Kier alpha value is -2.08. The fourth-order valence-corrected chi connectivity index (χ4v) is 3.52. The molecule has 0 aliphatic carbocycles. The van der Waals surface area contributed by atoms with Crippen LogP contribution in [0.25, 0.3) is 10.9 Å². The molecule has 116 valence electrons. The van der Waals surface area contributed by atoms with Crippen molar-refractivity contribution in [2.45, 2.75) is 18.9 Å². The van der Waals surface area contributed by atoms with Gasteiger partial charge in [-0.15, -0.1) is 0 Å². The molecule has 4 heterocycles. The highest BCUT2D eigenvalue weighted by molar-refractivity contribution is 6.02. The lowest BCUT2D eigenvalue weighted by Crippen LogP contribution is -2.51. The highest BCUT2D eigenvalue weighted by Crippen LogP contribution is 2.30. The third-order valence-electron chi connectivity index (χ3n) is 4.82. The highest BCUT2D eigenvalue weighted by atomic mass is 16.5. The van der Waals surface area contributed by atoms with Gasteiger partial charge in [-0.05, 0) is 44.0 Å².